The smallest absolute Gasteiger partial charge is 0.0151 e. The van der Waals surface area contributed by atoms with Crippen molar-refractivity contribution in [2.45, 2.75) is 154 Å². The van der Waals surface area contributed by atoms with Crippen LogP contribution >= 0.6 is 21.6 Å². The quantitative estimate of drug-likeness (QED) is 0.138. The van der Waals surface area contributed by atoms with Gasteiger partial charge in [-0.25, -0.2) is 0 Å². The van der Waals surface area contributed by atoms with Crippen LogP contribution in [0.3, 0.4) is 0 Å². The van der Waals surface area contributed by atoms with Gasteiger partial charge < -0.3 is 0 Å². The molecule has 0 saturated carbocycles. The summed E-state index contributed by atoms with van der Waals surface area (Å²) in [5.74, 6) is 0. The van der Waals surface area contributed by atoms with Gasteiger partial charge in [-0.3, -0.25) is 0 Å². The van der Waals surface area contributed by atoms with Gasteiger partial charge in [0.1, 0.15) is 0 Å². The fraction of sp³-hybridized carbons (Fsp3) is 1.00. The van der Waals surface area contributed by atoms with E-state index in [-0.39, 0.29) is 0 Å². The van der Waals surface area contributed by atoms with Crippen molar-refractivity contribution in [1.29, 1.82) is 0 Å². The Morgan fingerprint density at radius 3 is 1.04 bits per heavy atom. The van der Waals surface area contributed by atoms with Gasteiger partial charge in [0.25, 0.3) is 0 Å². The highest BCUT2D eigenvalue weighted by atomic mass is 33.1. The highest BCUT2D eigenvalue weighted by molar-refractivity contribution is 8.77. The van der Waals surface area contributed by atoms with Crippen LogP contribution in [0.5, 0.6) is 0 Å². The highest BCUT2D eigenvalue weighted by Gasteiger charge is 2.15. The third kappa shape index (κ3) is 18.1. The molecule has 0 aliphatic heterocycles. The Balaban J connectivity index is 4.15. The fourth-order valence-corrected chi connectivity index (χ4v) is 6.92. The van der Waals surface area contributed by atoms with Gasteiger partial charge in [-0.1, -0.05) is 139 Å². The number of hydrogen-bond donors (Lipinski definition) is 0. The molecule has 2 heteroatoms. The first-order valence-corrected chi connectivity index (χ1v) is 14.4. The van der Waals surface area contributed by atoms with E-state index in [1.165, 1.54) is 116 Å². The minimum atomic E-state index is 0.908. The van der Waals surface area contributed by atoms with Crippen LogP contribution in [0.1, 0.15) is 143 Å². The third-order valence-corrected chi connectivity index (χ3v) is 8.91. The molecule has 2 unspecified atom stereocenters. The van der Waals surface area contributed by atoms with Crippen molar-refractivity contribution in [2.75, 3.05) is 0 Å². The highest BCUT2D eigenvalue weighted by Crippen LogP contribution is 2.39. The average Bonchev–Trinajstić information content (AvgIpc) is 2.66. The molecule has 158 valence electrons. The Morgan fingerprint density at radius 2 is 0.692 bits per heavy atom. The minimum absolute atomic E-state index is 0.908. The Morgan fingerprint density at radius 1 is 0.385 bits per heavy atom. The second-order valence-corrected chi connectivity index (χ2v) is 11.0. The van der Waals surface area contributed by atoms with Gasteiger partial charge in [0.05, 0.1) is 0 Å². The largest absolute Gasteiger partial charge is 0.0904 e. The third-order valence-electron chi connectivity index (χ3n) is 5.35. The Labute approximate surface area is 175 Å². The second-order valence-electron chi connectivity index (χ2n) is 8.13. The maximum Gasteiger partial charge on any atom is 0.0151 e. The first kappa shape index (κ1) is 26.7. The zero-order valence-electron chi connectivity index (χ0n) is 18.7. The molecule has 0 N–H and O–H groups in total. The van der Waals surface area contributed by atoms with Gasteiger partial charge in [-0.2, -0.15) is 0 Å². The molecule has 0 heterocycles. The van der Waals surface area contributed by atoms with Crippen LogP contribution < -0.4 is 0 Å². The molecule has 0 rings (SSSR count). The lowest BCUT2D eigenvalue weighted by Gasteiger charge is -2.21. The normalized spacial score (nSPS) is 13.8. The van der Waals surface area contributed by atoms with Crippen LogP contribution in [0, 0.1) is 0 Å². The van der Waals surface area contributed by atoms with Crippen molar-refractivity contribution in [2.24, 2.45) is 0 Å². The monoisotopic (exact) mass is 402 g/mol. The summed E-state index contributed by atoms with van der Waals surface area (Å²) < 4.78 is 0. The molecule has 0 saturated heterocycles. The van der Waals surface area contributed by atoms with Crippen molar-refractivity contribution in [3.63, 3.8) is 0 Å². The molecular formula is C24H50S2. The Kier molecular flexibility index (Phi) is 22.6. The summed E-state index contributed by atoms with van der Waals surface area (Å²) in [6, 6.07) is 0. The van der Waals surface area contributed by atoms with E-state index >= 15 is 0 Å². The second kappa shape index (κ2) is 22.0. The summed E-state index contributed by atoms with van der Waals surface area (Å²) in [6.07, 6.45) is 25.7. The van der Waals surface area contributed by atoms with Gasteiger partial charge in [0, 0.05) is 10.5 Å². The lowest BCUT2D eigenvalue weighted by Crippen LogP contribution is -2.06. The van der Waals surface area contributed by atoms with E-state index in [0.717, 1.165) is 10.5 Å². The topological polar surface area (TPSA) is 0 Å². The Bertz CT molecular complexity index is 229. The SMILES string of the molecule is CCCCCCCC(CCCC)SSC(CCCC)CCCCCCC. The minimum Gasteiger partial charge on any atom is -0.0904 e. The molecule has 0 aliphatic carbocycles. The van der Waals surface area contributed by atoms with E-state index in [1.54, 1.807) is 0 Å². The summed E-state index contributed by atoms with van der Waals surface area (Å²) in [6.45, 7) is 9.32. The predicted molar refractivity (Wildman–Crippen MR) is 129 cm³/mol. The molecule has 0 aliphatic rings. The molecular weight excluding hydrogens is 352 g/mol. The van der Waals surface area contributed by atoms with E-state index < -0.39 is 0 Å². The van der Waals surface area contributed by atoms with Crippen molar-refractivity contribution < 1.29 is 0 Å². The predicted octanol–water partition coefficient (Wildman–Crippen LogP) is 10.2. The van der Waals surface area contributed by atoms with E-state index in [1.807, 2.05) is 0 Å². The first-order chi connectivity index (χ1) is 12.8. The zero-order valence-corrected chi connectivity index (χ0v) is 20.3. The molecule has 0 aromatic rings. The van der Waals surface area contributed by atoms with E-state index in [9.17, 15) is 0 Å². The molecule has 0 fully saturated rings. The van der Waals surface area contributed by atoms with E-state index in [0.29, 0.717) is 0 Å². The van der Waals surface area contributed by atoms with Crippen LogP contribution in [0.15, 0.2) is 0 Å². The first-order valence-electron chi connectivity index (χ1n) is 12.1. The van der Waals surface area contributed by atoms with Crippen molar-refractivity contribution in [1.82, 2.24) is 0 Å². The molecule has 0 spiro atoms. The van der Waals surface area contributed by atoms with Gasteiger partial charge in [0.2, 0.25) is 0 Å². The van der Waals surface area contributed by atoms with Crippen LogP contribution in [0.2, 0.25) is 0 Å². The molecule has 0 radical (unpaired) electrons. The van der Waals surface area contributed by atoms with E-state index in [2.05, 4.69) is 49.3 Å². The summed E-state index contributed by atoms with van der Waals surface area (Å²) in [5.41, 5.74) is 0. The Hall–Kier alpha value is 0.700. The number of unbranched alkanes of at least 4 members (excludes halogenated alkanes) is 10. The lowest BCUT2D eigenvalue weighted by molar-refractivity contribution is 0.570. The summed E-state index contributed by atoms with van der Waals surface area (Å²) in [4.78, 5) is 0. The molecule has 0 nitrogen and oxygen atoms in total. The summed E-state index contributed by atoms with van der Waals surface area (Å²) in [5, 5.41) is 1.82. The number of rotatable bonds is 21. The molecule has 0 amide bonds. The fourth-order valence-electron chi connectivity index (χ4n) is 3.45. The average molecular weight is 403 g/mol. The maximum absolute atomic E-state index is 2.34. The van der Waals surface area contributed by atoms with Crippen LogP contribution in [-0.2, 0) is 0 Å². The van der Waals surface area contributed by atoms with Crippen molar-refractivity contribution >= 4 is 21.6 Å². The molecule has 2 atom stereocenters. The van der Waals surface area contributed by atoms with Crippen LogP contribution in [0.4, 0.5) is 0 Å². The summed E-state index contributed by atoms with van der Waals surface area (Å²) in [7, 11) is 4.54. The van der Waals surface area contributed by atoms with Crippen molar-refractivity contribution in [3.8, 4) is 0 Å². The number of hydrogen-bond acceptors (Lipinski definition) is 2. The molecule has 0 bridgehead atoms. The zero-order chi connectivity index (χ0) is 19.3. The standard InChI is InChI=1S/C24H50S2/c1-5-9-13-15-17-21-23(19-11-7-3)25-26-24(20-12-8-4)22-18-16-14-10-6-2/h23-24H,5-22H2,1-4H3. The molecule has 0 aromatic heterocycles. The van der Waals surface area contributed by atoms with Gasteiger partial charge in [0.15, 0.2) is 0 Å². The van der Waals surface area contributed by atoms with Gasteiger partial charge in [-0.05, 0) is 25.7 Å². The molecule has 26 heavy (non-hydrogen) atoms. The van der Waals surface area contributed by atoms with Crippen molar-refractivity contribution in [3.05, 3.63) is 0 Å². The van der Waals surface area contributed by atoms with Crippen LogP contribution in [0.25, 0.3) is 0 Å². The lowest BCUT2D eigenvalue weighted by atomic mass is 10.1. The van der Waals surface area contributed by atoms with Gasteiger partial charge in [-0.15, -0.1) is 0 Å². The van der Waals surface area contributed by atoms with E-state index in [4.69, 9.17) is 0 Å². The molecule has 0 aromatic carbocycles. The summed E-state index contributed by atoms with van der Waals surface area (Å²) >= 11 is 0. The van der Waals surface area contributed by atoms with Crippen LogP contribution in [-0.4, -0.2) is 10.5 Å². The maximum atomic E-state index is 2.34. The van der Waals surface area contributed by atoms with Gasteiger partial charge >= 0.3 is 0 Å².